The predicted octanol–water partition coefficient (Wildman–Crippen LogP) is 2.45. The molecule has 1 amide bonds. The SMILES string of the molecule is Cc1ccc(CC(=O)NCc2ccc(CN(C)C)c(F)c2)cn1. The quantitative estimate of drug-likeness (QED) is 0.890. The summed E-state index contributed by atoms with van der Waals surface area (Å²) in [5.74, 6) is -0.346. The molecule has 2 aromatic rings. The zero-order chi connectivity index (χ0) is 16.8. The number of rotatable bonds is 6. The van der Waals surface area contributed by atoms with Gasteiger partial charge < -0.3 is 10.2 Å². The van der Waals surface area contributed by atoms with Crippen LogP contribution in [0.2, 0.25) is 0 Å². The summed E-state index contributed by atoms with van der Waals surface area (Å²) in [7, 11) is 3.79. The van der Waals surface area contributed by atoms with Gasteiger partial charge >= 0.3 is 0 Å². The summed E-state index contributed by atoms with van der Waals surface area (Å²) in [6, 6.07) is 8.85. The number of aryl methyl sites for hydroxylation is 1. The van der Waals surface area contributed by atoms with Gasteiger partial charge in [0.05, 0.1) is 6.42 Å². The second kappa shape index (κ2) is 7.83. The van der Waals surface area contributed by atoms with Crippen LogP contribution in [-0.2, 0) is 24.3 Å². The van der Waals surface area contributed by atoms with Crippen LogP contribution >= 0.6 is 0 Å². The molecule has 1 aromatic heterocycles. The van der Waals surface area contributed by atoms with Crippen molar-refractivity contribution in [3.8, 4) is 0 Å². The van der Waals surface area contributed by atoms with E-state index >= 15 is 0 Å². The van der Waals surface area contributed by atoms with E-state index < -0.39 is 0 Å². The van der Waals surface area contributed by atoms with E-state index in [1.54, 1.807) is 12.3 Å². The molecule has 5 heteroatoms. The van der Waals surface area contributed by atoms with Gasteiger partial charge in [-0.1, -0.05) is 18.2 Å². The highest BCUT2D eigenvalue weighted by molar-refractivity contribution is 5.78. The Morgan fingerprint density at radius 1 is 1.22 bits per heavy atom. The number of nitrogens with one attached hydrogen (secondary N) is 1. The molecule has 23 heavy (non-hydrogen) atoms. The summed E-state index contributed by atoms with van der Waals surface area (Å²) in [6.07, 6.45) is 1.97. The van der Waals surface area contributed by atoms with Gasteiger partial charge in [0.15, 0.2) is 0 Å². The third kappa shape index (κ3) is 5.45. The highest BCUT2D eigenvalue weighted by Gasteiger charge is 2.07. The molecule has 1 N–H and O–H groups in total. The number of hydrogen-bond donors (Lipinski definition) is 1. The lowest BCUT2D eigenvalue weighted by Crippen LogP contribution is -2.24. The Morgan fingerprint density at radius 2 is 1.96 bits per heavy atom. The van der Waals surface area contributed by atoms with Crippen LogP contribution in [0.1, 0.15) is 22.4 Å². The highest BCUT2D eigenvalue weighted by atomic mass is 19.1. The van der Waals surface area contributed by atoms with E-state index in [1.807, 2.05) is 44.1 Å². The van der Waals surface area contributed by atoms with Gasteiger partial charge in [0.2, 0.25) is 5.91 Å². The van der Waals surface area contributed by atoms with E-state index in [0.29, 0.717) is 18.7 Å². The molecule has 0 spiro atoms. The molecule has 0 saturated carbocycles. The van der Waals surface area contributed by atoms with E-state index in [4.69, 9.17) is 0 Å². The van der Waals surface area contributed by atoms with Crippen molar-refractivity contribution in [1.82, 2.24) is 15.2 Å². The Morgan fingerprint density at radius 3 is 2.57 bits per heavy atom. The number of pyridine rings is 1. The summed E-state index contributed by atoms with van der Waals surface area (Å²) in [4.78, 5) is 18.0. The zero-order valence-corrected chi connectivity index (χ0v) is 13.8. The van der Waals surface area contributed by atoms with Crippen LogP contribution in [0.25, 0.3) is 0 Å². The zero-order valence-electron chi connectivity index (χ0n) is 13.8. The number of carbonyl (C=O) groups excluding carboxylic acids is 1. The lowest BCUT2D eigenvalue weighted by molar-refractivity contribution is -0.120. The van der Waals surface area contributed by atoms with Crippen molar-refractivity contribution in [2.75, 3.05) is 14.1 Å². The number of amides is 1. The van der Waals surface area contributed by atoms with Crippen molar-refractivity contribution in [3.63, 3.8) is 0 Å². The number of nitrogens with zero attached hydrogens (tertiary/aromatic N) is 2. The van der Waals surface area contributed by atoms with Crippen molar-refractivity contribution >= 4 is 5.91 Å². The summed E-state index contributed by atoms with van der Waals surface area (Å²) in [5.41, 5.74) is 3.18. The van der Waals surface area contributed by atoms with Crippen LogP contribution in [0.3, 0.4) is 0 Å². The van der Waals surface area contributed by atoms with E-state index in [0.717, 1.165) is 16.8 Å². The maximum absolute atomic E-state index is 14.0. The molecule has 0 unspecified atom stereocenters. The number of benzene rings is 1. The molecule has 1 heterocycles. The van der Waals surface area contributed by atoms with E-state index in [2.05, 4.69) is 10.3 Å². The molecule has 0 fully saturated rings. The van der Waals surface area contributed by atoms with E-state index in [-0.39, 0.29) is 18.1 Å². The third-order valence-corrected chi connectivity index (χ3v) is 3.43. The number of halogens is 1. The normalized spacial score (nSPS) is 10.8. The predicted molar refractivity (Wildman–Crippen MR) is 88.3 cm³/mol. The second-order valence-corrected chi connectivity index (χ2v) is 5.92. The summed E-state index contributed by atoms with van der Waals surface area (Å²) < 4.78 is 14.0. The molecular formula is C18H22FN3O. The van der Waals surface area contributed by atoms with E-state index in [1.165, 1.54) is 6.07 Å². The highest BCUT2D eigenvalue weighted by Crippen LogP contribution is 2.12. The Labute approximate surface area is 136 Å². The Bertz CT molecular complexity index is 668. The molecule has 0 radical (unpaired) electrons. The maximum Gasteiger partial charge on any atom is 0.224 e. The Hall–Kier alpha value is -2.27. The fourth-order valence-electron chi connectivity index (χ4n) is 2.22. The van der Waals surface area contributed by atoms with Crippen molar-refractivity contribution in [2.45, 2.75) is 26.4 Å². The lowest BCUT2D eigenvalue weighted by Gasteiger charge is -2.12. The van der Waals surface area contributed by atoms with Crippen LogP contribution in [0.5, 0.6) is 0 Å². The largest absolute Gasteiger partial charge is 0.352 e. The van der Waals surface area contributed by atoms with Gasteiger partial charge in [0, 0.05) is 30.5 Å². The molecule has 1 aromatic carbocycles. The fraction of sp³-hybridized carbons (Fsp3) is 0.333. The van der Waals surface area contributed by atoms with Crippen molar-refractivity contribution in [1.29, 1.82) is 0 Å². The second-order valence-electron chi connectivity index (χ2n) is 5.92. The topological polar surface area (TPSA) is 45.2 Å². The minimum absolute atomic E-state index is 0.103. The summed E-state index contributed by atoms with van der Waals surface area (Å²) in [5, 5.41) is 2.81. The van der Waals surface area contributed by atoms with Crippen LogP contribution in [0.4, 0.5) is 4.39 Å². The van der Waals surface area contributed by atoms with Gasteiger partial charge in [-0.3, -0.25) is 9.78 Å². The van der Waals surface area contributed by atoms with E-state index in [9.17, 15) is 9.18 Å². The van der Waals surface area contributed by atoms with Crippen LogP contribution in [-0.4, -0.2) is 29.9 Å². The summed E-state index contributed by atoms with van der Waals surface area (Å²) in [6.45, 7) is 2.77. The first kappa shape index (κ1) is 17.1. The van der Waals surface area contributed by atoms with Crippen LogP contribution in [0.15, 0.2) is 36.5 Å². The van der Waals surface area contributed by atoms with Crippen molar-refractivity contribution in [2.24, 2.45) is 0 Å². The average molecular weight is 315 g/mol. The molecule has 122 valence electrons. The van der Waals surface area contributed by atoms with Crippen LogP contribution < -0.4 is 5.32 Å². The first-order chi connectivity index (χ1) is 10.9. The molecule has 0 atom stereocenters. The number of aromatic nitrogens is 1. The maximum atomic E-state index is 14.0. The van der Waals surface area contributed by atoms with Gasteiger partial charge in [-0.25, -0.2) is 4.39 Å². The smallest absolute Gasteiger partial charge is 0.224 e. The first-order valence-electron chi connectivity index (χ1n) is 7.54. The van der Waals surface area contributed by atoms with Crippen molar-refractivity contribution < 1.29 is 9.18 Å². The number of hydrogen-bond acceptors (Lipinski definition) is 3. The minimum atomic E-state index is -0.242. The molecule has 0 bridgehead atoms. The van der Waals surface area contributed by atoms with Gasteiger partial charge in [-0.2, -0.15) is 0 Å². The monoisotopic (exact) mass is 315 g/mol. The standard InChI is InChI=1S/C18H22FN3O/c1-13-4-5-15(10-20-13)9-18(23)21-11-14-6-7-16(12-22(2)3)17(19)8-14/h4-8,10H,9,11-12H2,1-3H3,(H,21,23). The lowest BCUT2D eigenvalue weighted by atomic mass is 10.1. The molecule has 4 nitrogen and oxygen atoms in total. The first-order valence-corrected chi connectivity index (χ1v) is 7.54. The summed E-state index contributed by atoms with van der Waals surface area (Å²) >= 11 is 0. The fourth-order valence-corrected chi connectivity index (χ4v) is 2.22. The van der Waals surface area contributed by atoms with Gasteiger partial charge in [0.25, 0.3) is 0 Å². The molecule has 0 aliphatic rings. The third-order valence-electron chi connectivity index (χ3n) is 3.43. The molecule has 0 aliphatic carbocycles. The molecule has 0 aliphatic heterocycles. The minimum Gasteiger partial charge on any atom is -0.352 e. The van der Waals surface area contributed by atoms with Gasteiger partial charge in [0.1, 0.15) is 5.82 Å². The molecule has 0 saturated heterocycles. The Kier molecular flexibility index (Phi) is 5.82. The average Bonchev–Trinajstić information content (AvgIpc) is 2.50. The number of carbonyl (C=O) groups is 1. The molecule has 2 rings (SSSR count). The van der Waals surface area contributed by atoms with Crippen LogP contribution in [0, 0.1) is 12.7 Å². The van der Waals surface area contributed by atoms with Gasteiger partial charge in [-0.05, 0) is 44.3 Å². The van der Waals surface area contributed by atoms with Gasteiger partial charge in [-0.15, -0.1) is 0 Å². The molecular weight excluding hydrogens is 293 g/mol. The van der Waals surface area contributed by atoms with Crippen molar-refractivity contribution in [3.05, 3.63) is 64.7 Å². The Balaban J connectivity index is 1.88.